The molecule has 0 aliphatic heterocycles. The van der Waals surface area contributed by atoms with Gasteiger partial charge in [0.05, 0.1) is 5.71 Å². The number of ether oxygens (including phenoxy) is 1. The van der Waals surface area contributed by atoms with Gasteiger partial charge in [0.25, 0.3) is 5.91 Å². The Morgan fingerprint density at radius 2 is 1.54 bits per heavy atom. The third kappa shape index (κ3) is 5.44. The third-order valence-electron chi connectivity index (χ3n) is 4.23. The van der Waals surface area contributed by atoms with E-state index in [0.29, 0.717) is 28.7 Å². The fourth-order valence-electron chi connectivity index (χ4n) is 2.51. The second kappa shape index (κ2) is 9.20. The van der Waals surface area contributed by atoms with Crippen LogP contribution in [0.25, 0.3) is 0 Å². The molecule has 0 unspecified atom stereocenters. The Hall–Kier alpha value is -3.11. The van der Waals surface area contributed by atoms with Crippen LogP contribution in [0.1, 0.15) is 34.0 Å². The van der Waals surface area contributed by atoms with E-state index in [2.05, 4.69) is 29.6 Å². The molecule has 0 heterocycles. The minimum Gasteiger partial charge on any atom is -0.489 e. The molecule has 142 valence electrons. The van der Waals surface area contributed by atoms with Crippen LogP contribution in [0.2, 0.25) is 5.02 Å². The van der Waals surface area contributed by atoms with Crippen molar-refractivity contribution in [2.75, 3.05) is 0 Å². The highest BCUT2D eigenvalue weighted by molar-refractivity contribution is 6.30. The van der Waals surface area contributed by atoms with Crippen molar-refractivity contribution >= 4 is 23.2 Å². The Morgan fingerprint density at radius 3 is 2.18 bits per heavy atom. The van der Waals surface area contributed by atoms with E-state index in [1.54, 1.807) is 36.4 Å². The second-order valence-corrected chi connectivity index (χ2v) is 6.88. The van der Waals surface area contributed by atoms with Crippen LogP contribution in [-0.4, -0.2) is 11.6 Å². The number of hydrogen-bond donors (Lipinski definition) is 1. The number of rotatable bonds is 6. The van der Waals surface area contributed by atoms with Crippen molar-refractivity contribution in [3.63, 3.8) is 0 Å². The van der Waals surface area contributed by atoms with E-state index in [-0.39, 0.29) is 5.91 Å². The number of amides is 1. The van der Waals surface area contributed by atoms with Crippen LogP contribution in [0, 0.1) is 6.92 Å². The zero-order valence-corrected chi connectivity index (χ0v) is 16.5. The standard InChI is InChI=1S/C23H21ClN2O2/c1-16-3-5-18(6-4-16)15-28-22-13-9-20(10-14-22)23(27)26-25-17(2)19-7-11-21(24)12-8-19/h3-14H,15H2,1-2H3,(H,26,27)/b25-17-. The average Bonchev–Trinajstić information content (AvgIpc) is 2.72. The Kier molecular flexibility index (Phi) is 6.45. The van der Waals surface area contributed by atoms with Crippen LogP contribution in [-0.2, 0) is 6.61 Å². The predicted octanol–water partition coefficient (Wildman–Crippen LogP) is 5.38. The summed E-state index contributed by atoms with van der Waals surface area (Å²) in [6, 6.07) is 22.5. The minimum atomic E-state index is -0.279. The van der Waals surface area contributed by atoms with Gasteiger partial charge in [-0.2, -0.15) is 5.10 Å². The monoisotopic (exact) mass is 392 g/mol. The Balaban J connectivity index is 1.56. The van der Waals surface area contributed by atoms with Crippen LogP contribution >= 0.6 is 11.6 Å². The highest BCUT2D eigenvalue weighted by Crippen LogP contribution is 2.15. The molecule has 0 saturated carbocycles. The van der Waals surface area contributed by atoms with Crippen molar-refractivity contribution in [2.45, 2.75) is 20.5 Å². The summed E-state index contributed by atoms with van der Waals surface area (Å²) in [5.41, 5.74) is 6.98. The van der Waals surface area contributed by atoms with E-state index in [9.17, 15) is 4.79 Å². The van der Waals surface area contributed by atoms with E-state index in [1.165, 1.54) is 5.56 Å². The Labute approximate surface area is 169 Å². The number of nitrogens with one attached hydrogen (secondary N) is 1. The smallest absolute Gasteiger partial charge is 0.271 e. The van der Waals surface area contributed by atoms with Crippen LogP contribution in [0.4, 0.5) is 0 Å². The molecule has 0 fully saturated rings. The molecule has 28 heavy (non-hydrogen) atoms. The molecular formula is C23H21ClN2O2. The normalized spacial score (nSPS) is 11.2. The second-order valence-electron chi connectivity index (χ2n) is 6.44. The Bertz CT molecular complexity index is 963. The lowest BCUT2D eigenvalue weighted by Crippen LogP contribution is -2.19. The van der Waals surface area contributed by atoms with Gasteiger partial charge in [-0.1, -0.05) is 53.6 Å². The van der Waals surface area contributed by atoms with Crippen LogP contribution < -0.4 is 10.2 Å². The van der Waals surface area contributed by atoms with Crippen LogP contribution in [0.5, 0.6) is 5.75 Å². The minimum absolute atomic E-state index is 0.279. The van der Waals surface area contributed by atoms with E-state index in [1.807, 2.05) is 31.2 Å². The zero-order chi connectivity index (χ0) is 19.9. The Morgan fingerprint density at radius 1 is 0.929 bits per heavy atom. The molecule has 4 nitrogen and oxygen atoms in total. The molecule has 1 amide bonds. The number of carbonyl (C=O) groups excluding carboxylic acids is 1. The van der Waals surface area contributed by atoms with Gasteiger partial charge in [0.15, 0.2) is 0 Å². The average molecular weight is 393 g/mol. The maximum absolute atomic E-state index is 12.3. The van der Waals surface area contributed by atoms with Crippen LogP contribution in [0.15, 0.2) is 77.9 Å². The van der Waals surface area contributed by atoms with E-state index < -0.39 is 0 Å². The predicted molar refractivity (Wildman–Crippen MR) is 113 cm³/mol. The summed E-state index contributed by atoms with van der Waals surface area (Å²) in [4.78, 5) is 12.3. The largest absolute Gasteiger partial charge is 0.489 e. The zero-order valence-electron chi connectivity index (χ0n) is 15.8. The number of hydrazone groups is 1. The maximum Gasteiger partial charge on any atom is 0.271 e. The van der Waals surface area contributed by atoms with Crippen molar-refractivity contribution < 1.29 is 9.53 Å². The topological polar surface area (TPSA) is 50.7 Å². The SMILES string of the molecule is C/C(=N/NC(=O)c1ccc(OCc2ccc(C)cc2)cc1)c1ccc(Cl)cc1. The number of nitrogens with zero attached hydrogens (tertiary/aromatic N) is 1. The molecule has 1 N–H and O–H groups in total. The summed E-state index contributed by atoms with van der Waals surface area (Å²) >= 11 is 5.88. The highest BCUT2D eigenvalue weighted by Gasteiger charge is 2.06. The van der Waals surface area contributed by atoms with Crippen LogP contribution in [0.3, 0.4) is 0 Å². The van der Waals surface area contributed by atoms with Gasteiger partial charge >= 0.3 is 0 Å². The van der Waals surface area contributed by atoms with Gasteiger partial charge in [0.1, 0.15) is 12.4 Å². The van der Waals surface area contributed by atoms with E-state index >= 15 is 0 Å². The summed E-state index contributed by atoms with van der Waals surface area (Å²) in [6.07, 6.45) is 0. The summed E-state index contributed by atoms with van der Waals surface area (Å²) in [6.45, 7) is 4.36. The van der Waals surface area contributed by atoms with Crippen molar-refractivity contribution in [3.8, 4) is 5.75 Å². The molecule has 0 saturated heterocycles. The first kappa shape index (κ1) is 19.6. The first-order valence-corrected chi connectivity index (χ1v) is 9.28. The molecule has 0 aliphatic rings. The van der Waals surface area contributed by atoms with Gasteiger partial charge < -0.3 is 4.74 Å². The van der Waals surface area contributed by atoms with Crippen molar-refractivity contribution in [2.24, 2.45) is 5.10 Å². The first-order chi connectivity index (χ1) is 13.5. The first-order valence-electron chi connectivity index (χ1n) is 8.90. The van der Waals surface area contributed by atoms with Gasteiger partial charge in [-0.05, 0) is 61.4 Å². The molecule has 0 bridgehead atoms. The molecule has 0 aromatic heterocycles. The summed E-state index contributed by atoms with van der Waals surface area (Å²) in [5.74, 6) is 0.427. The molecule has 3 aromatic carbocycles. The molecule has 5 heteroatoms. The number of aryl methyl sites for hydroxylation is 1. The maximum atomic E-state index is 12.3. The summed E-state index contributed by atoms with van der Waals surface area (Å²) in [7, 11) is 0. The molecular weight excluding hydrogens is 372 g/mol. The molecule has 0 radical (unpaired) electrons. The lowest BCUT2D eigenvalue weighted by Gasteiger charge is -2.08. The van der Waals surface area contributed by atoms with Crippen molar-refractivity contribution in [3.05, 3.63) is 100 Å². The fraction of sp³-hybridized carbons (Fsp3) is 0.130. The van der Waals surface area contributed by atoms with E-state index in [0.717, 1.165) is 11.1 Å². The van der Waals surface area contributed by atoms with Gasteiger partial charge in [-0.3, -0.25) is 4.79 Å². The number of carbonyl (C=O) groups is 1. The number of benzene rings is 3. The van der Waals surface area contributed by atoms with Crippen molar-refractivity contribution in [1.82, 2.24) is 5.43 Å². The van der Waals surface area contributed by atoms with Crippen molar-refractivity contribution in [1.29, 1.82) is 0 Å². The molecule has 0 aliphatic carbocycles. The highest BCUT2D eigenvalue weighted by atomic mass is 35.5. The van der Waals surface area contributed by atoms with Gasteiger partial charge in [-0.25, -0.2) is 5.43 Å². The fourth-order valence-corrected chi connectivity index (χ4v) is 2.63. The summed E-state index contributed by atoms with van der Waals surface area (Å²) < 4.78 is 5.76. The van der Waals surface area contributed by atoms with Gasteiger partial charge in [-0.15, -0.1) is 0 Å². The van der Waals surface area contributed by atoms with E-state index in [4.69, 9.17) is 16.3 Å². The third-order valence-corrected chi connectivity index (χ3v) is 4.48. The summed E-state index contributed by atoms with van der Waals surface area (Å²) in [5, 5.41) is 4.81. The quantitative estimate of drug-likeness (QED) is 0.452. The number of hydrogen-bond acceptors (Lipinski definition) is 3. The van der Waals surface area contributed by atoms with Gasteiger partial charge in [0, 0.05) is 10.6 Å². The van der Waals surface area contributed by atoms with Gasteiger partial charge in [0.2, 0.25) is 0 Å². The molecule has 3 rings (SSSR count). The molecule has 0 atom stereocenters. The lowest BCUT2D eigenvalue weighted by atomic mass is 10.1. The molecule has 3 aromatic rings. The number of halogens is 1. The molecule has 0 spiro atoms. The lowest BCUT2D eigenvalue weighted by molar-refractivity contribution is 0.0955.